The third-order valence-electron chi connectivity index (χ3n) is 3.71. The van der Waals surface area contributed by atoms with Crippen molar-refractivity contribution in [1.29, 1.82) is 0 Å². The molecule has 0 spiro atoms. The highest BCUT2D eigenvalue weighted by molar-refractivity contribution is 6.06. The number of hydrogen-bond acceptors (Lipinski definition) is 3. The smallest absolute Gasteiger partial charge is 0.321 e. The molecule has 1 aliphatic heterocycles. The number of anilines is 2. The minimum atomic E-state index is -0.240. The molecule has 6 heteroatoms. The predicted octanol–water partition coefficient (Wildman–Crippen LogP) is 4.98. The van der Waals surface area contributed by atoms with E-state index in [1.807, 2.05) is 39.8 Å². The van der Waals surface area contributed by atoms with Crippen molar-refractivity contribution in [3.63, 3.8) is 0 Å². The maximum absolute atomic E-state index is 12.4. The summed E-state index contributed by atoms with van der Waals surface area (Å²) in [6, 6.07) is 12.3. The molecule has 1 heterocycles. The maximum Gasteiger partial charge on any atom is 0.321 e. The molecule has 0 saturated heterocycles. The molecule has 0 fully saturated rings. The van der Waals surface area contributed by atoms with E-state index in [-0.39, 0.29) is 11.9 Å². The van der Waals surface area contributed by atoms with Crippen LogP contribution in [0.3, 0.4) is 0 Å². The van der Waals surface area contributed by atoms with Gasteiger partial charge in [0, 0.05) is 25.0 Å². The summed E-state index contributed by atoms with van der Waals surface area (Å²) in [7, 11) is 3.25. The number of rotatable bonds is 3. The van der Waals surface area contributed by atoms with E-state index >= 15 is 0 Å². The molecular weight excluding hydrogens is 342 g/mol. The molecule has 27 heavy (non-hydrogen) atoms. The molecule has 0 bridgehead atoms. The Balaban J connectivity index is 0.000000855. The molecule has 0 radical (unpaired) electrons. The zero-order valence-corrected chi connectivity index (χ0v) is 16.9. The first kappa shape index (κ1) is 22.0. The number of hydrogen-bond donors (Lipinski definition) is 2. The lowest BCUT2D eigenvalue weighted by molar-refractivity contribution is 0.102. The van der Waals surface area contributed by atoms with Gasteiger partial charge in [0.15, 0.2) is 0 Å². The van der Waals surface area contributed by atoms with Gasteiger partial charge in [-0.1, -0.05) is 39.8 Å². The lowest BCUT2D eigenvalue weighted by Gasteiger charge is -2.26. The van der Waals surface area contributed by atoms with E-state index in [0.717, 1.165) is 11.3 Å². The van der Waals surface area contributed by atoms with E-state index in [2.05, 4.69) is 10.6 Å². The molecule has 2 aromatic rings. The van der Waals surface area contributed by atoms with E-state index in [9.17, 15) is 9.59 Å². The second kappa shape index (κ2) is 10.9. The van der Waals surface area contributed by atoms with Crippen molar-refractivity contribution < 1.29 is 14.3 Å². The van der Waals surface area contributed by atoms with Gasteiger partial charge in [0.25, 0.3) is 5.91 Å². The molecule has 146 valence electrons. The van der Waals surface area contributed by atoms with Crippen LogP contribution in [-0.4, -0.2) is 31.0 Å². The molecule has 2 N–H and O–H groups in total. The summed E-state index contributed by atoms with van der Waals surface area (Å²) in [5.41, 5.74) is 2.86. The van der Waals surface area contributed by atoms with Crippen LogP contribution in [0.4, 0.5) is 16.2 Å². The highest BCUT2D eigenvalue weighted by Crippen LogP contribution is 2.26. The quantitative estimate of drug-likeness (QED) is 0.799. The zero-order chi connectivity index (χ0) is 20.4. The summed E-state index contributed by atoms with van der Waals surface area (Å²) in [5.74, 6) is 0.283. The van der Waals surface area contributed by atoms with Crippen LogP contribution in [-0.2, 0) is 6.54 Å². The molecule has 0 aromatic heterocycles. The Hall–Kier alpha value is -3.02. The topological polar surface area (TPSA) is 70.7 Å². The van der Waals surface area contributed by atoms with Gasteiger partial charge in [-0.05, 0) is 35.9 Å². The Labute approximate surface area is 161 Å². The standard InChI is InChI=1S/C17H17N3O3.2C2H6/c1-20-10-11-9-12(7-8-14(11)19-17(20)22)18-16(21)13-5-3-4-6-15(13)23-2;2*1-2/h3-9H,10H2,1-2H3,(H,18,21)(H,19,22);2*1-2H3. The van der Waals surface area contributed by atoms with E-state index in [1.54, 1.807) is 42.3 Å². The van der Waals surface area contributed by atoms with Crippen molar-refractivity contribution >= 4 is 23.3 Å². The predicted molar refractivity (Wildman–Crippen MR) is 111 cm³/mol. The molecule has 3 rings (SSSR count). The van der Waals surface area contributed by atoms with Gasteiger partial charge in [-0.2, -0.15) is 0 Å². The Morgan fingerprint density at radius 3 is 2.44 bits per heavy atom. The van der Waals surface area contributed by atoms with Crippen LogP contribution >= 0.6 is 0 Å². The van der Waals surface area contributed by atoms with Crippen molar-refractivity contribution in [1.82, 2.24) is 4.90 Å². The molecule has 0 unspecified atom stereocenters. The van der Waals surface area contributed by atoms with Crippen LogP contribution in [0.5, 0.6) is 5.75 Å². The molecule has 2 aromatic carbocycles. The average molecular weight is 371 g/mol. The largest absolute Gasteiger partial charge is 0.496 e. The summed E-state index contributed by atoms with van der Waals surface area (Å²) in [4.78, 5) is 25.6. The van der Waals surface area contributed by atoms with Crippen LogP contribution in [0, 0.1) is 0 Å². The number of urea groups is 1. The molecule has 6 nitrogen and oxygen atoms in total. The number of carbonyl (C=O) groups is 2. The molecule has 3 amide bonds. The first-order valence-electron chi connectivity index (χ1n) is 9.18. The second-order valence-corrected chi connectivity index (χ2v) is 5.31. The third-order valence-corrected chi connectivity index (χ3v) is 3.71. The number of methoxy groups -OCH3 is 1. The van der Waals surface area contributed by atoms with Crippen LogP contribution in [0.2, 0.25) is 0 Å². The van der Waals surface area contributed by atoms with Gasteiger partial charge in [-0.15, -0.1) is 0 Å². The number of fused-ring (bicyclic) bond motifs is 1. The van der Waals surface area contributed by atoms with Crippen LogP contribution in [0.15, 0.2) is 42.5 Å². The summed E-state index contributed by atoms with van der Waals surface area (Å²) >= 11 is 0. The number of para-hydroxylation sites is 1. The minimum absolute atomic E-state index is 0.136. The number of nitrogens with zero attached hydrogens (tertiary/aromatic N) is 1. The van der Waals surface area contributed by atoms with E-state index in [0.29, 0.717) is 23.5 Å². The van der Waals surface area contributed by atoms with E-state index in [1.165, 1.54) is 7.11 Å². The average Bonchev–Trinajstić information content (AvgIpc) is 2.72. The second-order valence-electron chi connectivity index (χ2n) is 5.31. The van der Waals surface area contributed by atoms with Crippen molar-refractivity contribution in [2.24, 2.45) is 0 Å². The van der Waals surface area contributed by atoms with Gasteiger partial charge in [0.1, 0.15) is 5.75 Å². The fourth-order valence-corrected chi connectivity index (χ4v) is 2.49. The van der Waals surface area contributed by atoms with E-state index < -0.39 is 0 Å². The number of benzene rings is 2. The van der Waals surface area contributed by atoms with Gasteiger partial charge in [-0.25, -0.2) is 4.79 Å². The van der Waals surface area contributed by atoms with Gasteiger partial charge in [-0.3, -0.25) is 4.79 Å². The number of nitrogens with one attached hydrogen (secondary N) is 2. The van der Waals surface area contributed by atoms with Crippen molar-refractivity contribution in [3.05, 3.63) is 53.6 Å². The fraction of sp³-hybridized carbons (Fsp3) is 0.333. The highest BCUT2D eigenvalue weighted by Gasteiger charge is 2.20. The number of ether oxygens (including phenoxy) is 1. The zero-order valence-electron chi connectivity index (χ0n) is 16.9. The van der Waals surface area contributed by atoms with Crippen LogP contribution in [0.1, 0.15) is 43.6 Å². The van der Waals surface area contributed by atoms with Gasteiger partial charge in [0.2, 0.25) is 0 Å². The SMILES string of the molecule is CC.CC.COc1ccccc1C(=O)Nc1ccc2c(c1)CN(C)C(=O)N2. The summed E-state index contributed by atoms with van der Waals surface area (Å²) in [5, 5.41) is 5.65. The highest BCUT2D eigenvalue weighted by atomic mass is 16.5. The Bertz CT molecular complexity index is 775. The molecule has 0 atom stereocenters. The minimum Gasteiger partial charge on any atom is -0.496 e. The lowest BCUT2D eigenvalue weighted by atomic mass is 10.1. The third kappa shape index (κ3) is 5.48. The van der Waals surface area contributed by atoms with Gasteiger partial charge >= 0.3 is 6.03 Å². The van der Waals surface area contributed by atoms with E-state index in [4.69, 9.17) is 4.74 Å². The molecule has 0 aliphatic carbocycles. The Kier molecular flexibility index (Phi) is 8.85. The Morgan fingerprint density at radius 2 is 1.78 bits per heavy atom. The first-order valence-corrected chi connectivity index (χ1v) is 9.18. The summed E-state index contributed by atoms with van der Waals surface area (Å²) in [6.07, 6.45) is 0. The van der Waals surface area contributed by atoms with Gasteiger partial charge < -0.3 is 20.3 Å². The molecular formula is C21H29N3O3. The van der Waals surface area contributed by atoms with Crippen molar-refractivity contribution in [2.45, 2.75) is 34.2 Å². The van der Waals surface area contributed by atoms with Crippen molar-refractivity contribution in [3.8, 4) is 5.75 Å². The molecule has 0 saturated carbocycles. The normalized spacial score (nSPS) is 11.6. The summed E-state index contributed by atoms with van der Waals surface area (Å²) in [6.45, 7) is 8.50. The fourth-order valence-electron chi connectivity index (χ4n) is 2.49. The van der Waals surface area contributed by atoms with Crippen molar-refractivity contribution in [2.75, 3.05) is 24.8 Å². The Morgan fingerprint density at radius 1 is 1.11 bits per heavy atom. The monoisotopic (exact) mass is 371 g/mol. The first-order chi connectivity index (χ1) is 13.1. The lowest BCUT2D eigenvalue weighted by Crippen LogP contribution is -2.35. The number of carbonyl (C=O) groups excluding carboxylic acids is 2. The van der Waals surface area contributed by atoms with Crippen LogP contribution in [0.25, 0.3) is 0 Å². The van der Waals surface area contributed by atoms with Gasteiger partial charge in [0.05, 0.1) is 12.7 Å². The van der Waals surface area contributed by atoms with Crippen LogP contribution < -0.4 is 15.4 Å². The summed E-state index contributed by atoms with van der Waals surface area (Å²) < 4.78 is 5.21. The number of amides is 3. The maximum atomic E-state index is 12.4. The molecule has 1 aliphatic rings.